The van der Waals surface area contributed by atoms with Crippen molar-refractivity contribution >= 4 is 34.9 Å². The Morgan fingerprint density at radius 2 is 1.90 bits per heavy atom. The minimum absolute atomic E-state index is 0.289. The van der Waals surface area contributed by atoms with Crippen LogP contribution in [-0.2, 0) is 20.9 Å². The first-order valence-corrected chi connectivity index (χ1v) is 10.3. The van der Waals surface area contributed by atoms with Gasteiger partial charge in [0, 0.05) is 17.0 Å². The Kier molecular flexibility index (Phi) is 7.40. The maximum absolute atomic E-state index is 12.7. The van der Waals surface area contributed by atoms with Crippen LogP contribution in [0.25, 0.3) is 11.6 Å². The van der Waals surface area contributed by atoms with Gasteiger partial charge in [-0.25, -0.2) is 4.79 Å². The summed E-state index contributed by atoms with van der Waals surface area (Å²) in [4.78, 5) is 25.7. The molecule has 30 heavy (non-hydrogen) atoms. The summed E-state index contributed by atoms with van der Waals surface area (Å²) in [5, 5.41) is 4.64. The molecule has 0 fully saturated rings. The molecule has 0 aliphatic rings. The fraction of sp³-hybridized carbons (Fsp3) is 0.167. The van der Waals surface area contributed by atoms with E-state index in [1.807, 2.05) is 73.0 Å². The van der Waals surface area contributed by atoms with Crippen LogP contribution in [-0.4, -0.2) is 25.6 Å². The summed E-state index contributed by atoms with van der Waals surface area (Å²) in [6.07, 6.45) is 1.79. The van der Waals surface area contributed by atoms with Crippen molar-refractivity contribution < 1.29 is 19.1 Å². The molecule has 2 aromatic carbocycles. The number of benzene rings is 2. The number of nitrogens with one attached hydrogen (secondary N) is 1. The van der Waals surface area contributed by atoms with Gasteiger partial charge in [-0.05, 0) is 36.1 Å². The summed E-state index contributed by atoms with van der Waals surface area (Å²) in [5.74, 6) is -0.224. The minimum atomic E-state index is -0.536. The largest absolute Gasteiger partial charge is 0.496 e. The number of ether oxygens (including phenoxy) is 2. The zero-order chi connectivity index (χ0) is 21.3. The van der Waals surface area contributed by atoms with Crippen molar-refractivity contribution in [1.29, 1.82) is 0 Å². The molecule has 0 saturated carbocycles. The topological polar surface area (TPSA) is 64.6 Å². The quantitative estimate of drug-likeness (QED) is 0.431. The number of hydrogen-bond donors (Lipinski definition) is 1. The fourth-order valence-electron chi connectivity index (χ4n) is 2.89. The number of thiophene rings is 1. The standard InChI is InChI=1S/C24H23NO4S/c1-17-7-5-8-18(13-17)14-20(22-11-6-12-30-22)24(27)29-16-23(26)25-15-19-9-3-4-10-21(19)28-2/h3-14H,15-16H2,1-2H3,(H,25,26)/b20-14+. The van der Waals surface area contributed by atoms with E-state index in [1.165, 1.54) is 11.3 Å². The van der Waals surface area contributed by atoms with Crippen LogP contribution in [0.4, 0.5) is 0 Å². The lowest BCUT2D eigenvalue weighted by atomic mass is 10.1. The molecule has 1 aromatic heterocycles. The third kappa shape index (κ3) is 5.81. The average Bonchev–Trinajstić information content (AvgIpc) is 3.29. The number of esters is 1. The van der Waals surface area contributed by atoms with E-state index in [0.717, 1.165) is 21.6 Å². The molecule has 0 atom stereocenters. The van der Waals surface area contributed by atoms with Crippen LogP contribution in [0.5, 0.6) is 5.75 Å². The number of hydrogen-bond acceptors (Lipinski definition) is 5. The Hall–Kier alpha value is -3.38. The lowest BCUT2D eigenvalue weighted by molar-refractivity contribution is -0.142. The van der Waals surface area contributed by atoms with E-state index in [1.54, 1.807) is 13.2 Å². The third-order valence-electron chi connectivity index (χ3n) is 4.36. The van der Waals surface area contributed by atoms with Crippen LogP contribution in [0.3, 0.4) is 0 Å². The highest BCUT2D eigenvalue weighted by atomic mass is 32.1. The third-order valence-corrected chi connectivity index (χ3v) is 5.27. The van der Waals surface area contributed by atoms with Gasteiger partial charge in [0.05, 0.1) is 12.7 Å². The van der Waals surface area contributed by atoms with Crippen molar-refractivity contribution in [2.75, 3.05) is 13.7 Å². The highest BCUT2D eigenvalue weighted by Gasteiger charge is 2.17. The van der Waals surface area contributed by atoms with Crippen LogP contribution >= 0.6 is 11.3 Å². The molecule has 6 heteroatoms. The first-order chi connectivity index (χ1) is 14.6. The first kappa shape index (κ1) is 21.3. The molecule has 3 aromatic rings. The van der Waals surface area contributed by atoms with E-state index in [9.17, 15) is 9.59 Å². The highest BCUT2D eigenvalue weighted by molar-refractivity contribution is 7.11. The van der Waals surface area contributed by atoms with Crippen molar-refractivity contribution in [1.82, 2.24) is 5.32 Å². The smallest absolute Gasteiger partial charge is 0.340 e. The Morgan fingerprint density at radius 3 is 2.63 bits per heavy atom. The number of amides is 1. The summed E-state index contributed by atoms with van der Waals surface area (Å²) in [5.41, 5.74) is 3.26. The van der Waals surface area contributed by atoms with Crippen LogP contribution in [0.1, 0.15) is 21.6 Å². The molecule has 0 bridgehead atoms. The Labute approximate surface area is 180 Å². The maximum Gasteiger partial charge on any atom is 0.340 e. The second-order valence-corrected chi connectivity index (χ2v) is 7.56. The lowest BCUT2D eigenvalue weighted by Crippen LogP contribution is -2.28. The lowest BCUT2D eigenvalue weighted by Gasteiger charge is -2.10. The van der Waals surface area contributed by atoms with Crippen molar-refractivity contribution in [3.63, 3.8) is 0 Å². The molecule has 0 radical (unpaired) electrons. The monoisotopic (exact) mass is 421 g/mol. The average molecular weight is 422 g/mol. The van der Waals surface area contributed by atoms with Gasteiger partial charge in [-0.2, -0.15) is 0 Å². The fourth-order valence-corrected chi connectivity index (χ4v) is 3.62. The van der Waals surface area contributed by atoms with Gasteiger partial charge in [0.2, 0.25) is 0 Å². The van der Waals surface area contributed by atoms with Crippen molar-refractivity contribution in [3.05, 3.63) is 87.6 Å². The molecule has 154 valence electrons. The summed E-state index contributed by atoms with van der Waals surface area (Å²) < 4.78 is 10.6. The second-order valence-electron chi connectivity index (χ2n) is 6.61. The van der Waals surface area contributed by atoms with Gasteiger partial charge in [0.1, 0.15) is 5.75 Å². The molecule has 0 unspecified atom stereocenters. The van der Waals surface area contributed by atoms with E-state index in [0.29, 0.717) is 11.3 Å². The summed E-state index contributed by atoms with van der Waals surface area (Å²) >= 11 is 1.45. The van der Waals surface area contributed by atoms with Crippen LogP contribution < -0.4 is 10.1 Å². The van der Waals surface area contributed by atoms with Gasteiger partial charge in [0.15, 0.2) is 6.61 Å². The van der Waals surface area contributed by atoms with Gasteiger partial charge in [-0.1, -0.05) is 54.1 Å². The van der Waals surface area contributed by atoms with E-state index in [2.05, 4.69) is 5.32 Å². The molecule has 0 saturated heterocycles. The molecular formula is C24H23NO4S. The van der Waals surface area contributed by atoms with Gasteiger partial charge < -0.3 is 14.8 Å². The molecule has 1 N–H and O–H groups in total. The Balaban J connectivity index is 1.64. The van der Waals surface area contributed by atoms with Crippen molar-refractivity contribution in [2.24, 2.45) is 0 Å². The first-order valence-electron chi connectivity index (χ1n) is 9.45. The predicted octanol–water partition coefficient (Wildman–Crippen LogP) is 4.47. The normalized spacial score (nSPS) is 11.1. The molecule has 1 amide bonds. The summed E-state index contributed by atoms with van der Waals surface area (Å²) in [6, 6.07) is 19.0. The van der Waals surface area contributed by atoms with Crippen molar-refractivity contribution in [3.8, 4) is 5.75 Å². The van der Waals surface area contributed by atoms with Crippen LogP contribution in [0.15, 0.2) is 66.0 Å². The van der Waals surface area contributed by atoms with Gasteiger partial charge in [-0.3, -0.25) is 4.79 Å². The van der Waals surface area contributed by atoms with Gasteiger partial charge in [-0.15, -0.1) is 11.3 Å². The SMILES string of the molecule is COc1ccccc1CNC(=O)COC(=O)/C(=C/c1cccc(C)c1)c1cccs1. The highest BCUT2D eigenvalue weighted by Crippen LogP contribution is 2.24. The Morgan fingerprint density at radius 1 is 1.07 bits per heavy atom. The molecule has 5 nitrogen and oxygen atoms in total. The number of para-hydroxylation sites is 1. The van der Waals surface area contributed by atoms with Crippen molar-refractivity contribution in [2.45, 2.75) is 13.5 Å². The van der Waals surface area contributed by atoms with Crippen LogP contribution in [0.2, 0.25) is 0 Å². The van der Waals surface area contributed by atoms with E-state index in [4.69, 9.17) is 9.47 Å². The molecule has 0 spiro atoms. The zero-order valence-corrected chi connectivity index (χ0v) is 17.7. The number of methoxy groups -OCH3 is 1. The van der Waals surface area contributed by atoms with Gasteiger partial charge in [0.25, 0.3) is 5.91 Å². The maximum atomic E-state index is 12.7. The second kappa shape index (κ2) is 10.4. The summed E-state index contributed by atoms with van der Waals surface area (Å²) in [6.45, 7) is 1.92. The zero-order valence-electron chi connectivity index (χ0n) is 16.9. The van der Waals surface area contributed by atoms with E-state index in [-0.39, 0.29) is 19.1 Å². The minimum Gasteiger partial charge on any atom is -0.496 e. The molecule has 0 aliphatic carbocycles. The molecule has 1 heterocycles. The number of carbonyl (C=O) groups is 2. The molecule has 3 rings (SSSR count). The number of aryl methyl sites for hydroxylation is 1. The van der Waals surface area contributed by atoms with Crippen LogP contribution in [0, 0.1) is 6.92 Å². The number of rotatable bonds is 8. The van der Waals surface area contributed by atoms with E-state index < -0.39 is 5.97 Å². The Bertz CT molecular complexity index is 1040. The summed E-state index contributed by atoms with van der Waals surface area (Å²) in [7, 11) is 1.58. The predicted molar refractivity (Wildman–Crippen MR) is 119 cm³/mol. The molecular weight excluding hydrogens is 398 g/mol. The van der Waals surface area contributed by atoms with Gasteiger partial charge >= 0.3 is 5.97 Å². The number of carbonyl (C=O) groups excluding carboxylic acids is 2. The van der Waals surface area contributed by atoms with E-state index >= 15 is 0 Å². The molecule has 0 aliphatic heterocycles.